The molecule has 0 saturated carbocycles. The molecule has 7 nitrogen and oxygen atoms in total. The van der Waals surface area contributed by atoms with Crippen LogP contribution in [0.2, 0.25) is 0 Å². The summed E-state index contributed by atoms with van der Waals surface area (Å²) in [6, 6.07) is 8.22. The Kier molecular flexibility index (Phi) is 5.07. The van der Waals surface area contributed by atoms with Crippen molar-refractivity contribution in [2.24, 2.45) is 0 Å². The van der Waals surface area contributed by atoms with E-state index in [1.807, 2.05) is 41.1 Å². The molecule has 1 aliphatic rings. The Morgan fingerprint density at radius 2 is 2.00 bits per heavy atom. The van der Waals surface area contributed by atoms with Crippen molar-refractivity contribution >= 4 is 18.0 Å². The summed E-state index contributed by atoms with van der Waals surface area (Å²) in [7, 11) is 3.39. The van der Waals surface area contributed by atoms with Crippen molar-refractivity contribution in [2.75, 3.05) is 20.8 Å². The van der Waals surface area contributed by atoms with Gasteiger partial charge in [0.2, 0.25) is 4.77 Å². The molecule has 1 fully saturated rings. The van der Waals surface area contributed by atoms with Crippen LogP contribution < -0.4 is 9.47 Å². The number of nitrogens with zero attached hydrogens (tertiary/aromatic N) is 5. The number of ether oxygens (including phenoxy) is 2. The summed E-state index contributed by atoms with van der Waals surface area (Å²) in [6.45, 7) is 5.60. The van der Waals surface area contributed by atoms with E-state index in [0.717, 1.165) is 47.8 Å². The second kappa shape index (κ2) is 7.52. The van der Waals surface area contributed by atoms with Gasteiger partial charge >= 0.3 is 0 Å². The zero-order valence-corrected chi connectivity index (χ0v) is 17.5. The van der Waals surface area contributed by atoms with Crippen LogP contribution >= 0.6 is 12.2 Å². The maximum atomic E-state index is 5.69. The molecule has 0 radical (unpaired) electrons. The van der Waals surface area contributed by atoms with E-state index in [1.165, 1.54) is 0 Å². The van der Waals surface area contributed by atoms with E-state index in [4.69, 9.17) is 21.7 Å². The van der Waals surface area contributed by atoms with Crippen LogP contribution in [0.1, 0.15) is 35.8 Å². The molecule has 1 aromatic carbocycles. The molecule has 8 heteroatoms. The minimum absolute atomic E-state index is 0.229. The van der Waals surface area contributed by atoms with Gasteiger partial charge in [0.05, 0.1) is 20.9 Å². The van der Waals surface area contributed by atoms with E-state index in [0.29, 0.717) is 17.2 Å². The highest BCUT2D eigenvalue weighted by Gasteiger charge is 2.29. The number of hydrogen-bond donors (Lipinski definition) is 0. The first-order chi connectivity index (χ1) is 13.5. The monoisotopic (exact) mass is 399 g/mol. The van der Waals surface area contributed by atoms with Crippen LogP contribution in [0.15, 0.2) is 24.3 Å². The van der Waals surface area contributed by atoms with Crippen LogP contribution in [0.4, 0.5) is 0 Å². The number of likely N-dealkylation sites (tertiary alicyclic amines) is 1. The largest absolute Gasteiger partial charge is 0.497 e. The van der Waals surface area contributed by atoms with Crippen molar-refractivity contribution in [2.45, 2.75) is 39.4 Å². The summed E-state index contributed by atoms with van der Waals surface area (Å²) in [5.74, 6) is 2.36. The molecule has 2 aromatic heterocycles. The fourth-order valence-corrected chi connectivity index (χ4v) is 4.37. The lowest BCUT2D eigenvalue weighted by Crippen LogP contribution is -2.27. The highest BCUT2D eigenvalue weighted by Crippen LogP contribution is 2.39. The SMILES string of the molecule is COc1ccc(OC)c([C@H]2CCCN2Cn2nc3nc(C)cc(C)n3c2=S)c1. The van der Waals surface area contributed by atoms with Crippen molar-refractivity contribution in [1.29, 1.82) is 0 Å². The van der Waals surface area contributed by atoms with E-state index in [9.17, 15) is 0 Å². The highest BCUT2D eigenvalue weighted by molar-refractivity contribution is 7.71. The molecule has 3 heterocycles. The Bertz CT molecular complexity index is 1070. The maximum absolute atomic E-state index is 5.69. The number of rotatable bonds is 5. The van der Waals surface area contributed by atoms with Crippen molar-refractivity contribution in [3.05, 3.63) is 46.0 Å². The minimum Gasteiger partial charge on any atom is -0.497 e. The molecule has 0 aliphatic carbocycles. The van der Waals surface area contributed by atoms with Crippen LogP contribution in [0.25, 0.3) is 5.78 Å². The predicted octanol–water partition coefficient (Wildman–Crippen LogP) is 3.69. The Morgan fingerprint density at radius 1 is 1.18 bits per heavy atom. The molecule has 0 bridgehead atoms. The summed E-state index contributed by atoms with van der Waals surface area (Å²) in [5.41, 5.74) is 3.13. The van der Waals surface area contributed by atoms with Crippen molar-refractivity contribution in [3.63, 3.8) is 0 Å². The van der Waals surface area contributed by atoms with Crippen LogP contribution in [0.3, 0.4) is 0 Å². The van der Waals surface area contributed by atoms with E-state index >= 15 is 0 Å². The van der Waals surface area contributed by atoms with Crippen LogP contribution in [-0.4, -0.2) is 44.8 Å². The van der Waals surface area contributed by atoms with E-state index < -0.39 is 0 Å². The Morgan fingerprint density at radius 3 is 2.75 bits per heavy atom. The predicted molar refractivity (Wildman–Crippen MR) is 110 cm³/mol. The summed E-state index contributed by atoms with van der Waals surface area (Å²) in [5, 5.41) is 4.67. The number of aryl methyl sites for hydroxylation is 2. The Hall–Kier alpha value is -2.45. The molecule has 1 saturated heterocycles. The van der Waals surface area contributed by atoms with Crippen LogP contribution in [0, 0.1) is 18.6 Å². The third-order valence-electron chi connectivity index (χ3n) is 5.34. The highest BCUT2D eigenvalue weighted by atomic mass is 32.1. The quantitative estimate of drug-likeness (QED) is 0.610. The summed E-state index contributed by atoms with van der Waals surface area (Å²) < 4.78 is 15.5. The number of fused-ring (bicyclic) bond motifs is 1. The molecule has 3 aromatic rings. The van der Waals surface area contributed by atoms with E-state index in [1.54, 1.807) is 14.2 Å². The lowest BCUT2D eigenvalue weighted by Gasteiger charge is -2.26. The van der Waals surface area contributed by atoms with Crippen molar-refractivity contribution in [1.82, 2.24) is 24.1 Å². The molecular weight excluding hydrogens is 374 g/mol. The maximum Gasteiger partial charge on any atom is 0.254 e. The zero-order valence-electron chi connectivity index (χ0n) is 16.7. The van der Waals surface area contributed by atoms with Gasteiger partial charge < -0.3 is 9.47 Å². The molecular formula is C20H25N5O2S. The second-order valence-electron chi connectivity index (χ2n) is 7.18. The number of aromatic nitrogens is 4. The van der Waals surface area contributed by atoms with Gasteiger partial charge in [-0.15, -0.1) is 5.10 Å². The first-order valence-electron chi connectivity index (χ1n) is 9.41. The number of hydrogen-bond acceptors (Lipinski definition) is 6. The van der Waals surface area contributed by atoms with Gasteiger partial charge in [-0.1, -0.05) is 0 Å². The van der Waals surface area contributed by atoms with Crippen molar-refractivity contribution < 1.29 is 9.47 Å². The van der Waals surface area contributed by atoms with Gasteiger partial charge in [0, 0.05) is 29.5 Å². The standard InChI is InChI=1S/C20H25N5O2S/c1-13-10-14(2)25-19(21-13)22-24(20(25)28)12-23-9-5-6-17(23)16-11-15(26-3)7-8-18(16)27-4/h7-8,10-11,17H,5-6,9,12H2,1-4H3/t17-/m1/s1. The number of benzene rings is 1. The lowest BCUT2D eigenvalue weighted by molar-refractivity contribution is 0.187. The average molecular weight is 400 g/mol. The topological polar surface area (TPSA) is 56.8 Å². The van der Waals surface area contributed by atoms with Gasteiger partial charge in [-0.3, -0.25) is 9.30 Å². The van der Waals surface area contributed by atoms with Gasteiger partial charge in [-0.05, 0) is 63.2 Å². The van der Waals surface area contributed by atoms with Gasteiger partial charge in [-0.2, -0.15) is 0 Å². The summed E-state index contributed by atoms with van der Waals surface area (Å²) >= 11 is 5.69. The molecule has 0 N–H and O–H groups in total. The fourth-order valence-electron chi connectivity index (χ4n) is 4.05. The lowest BCUT2D eigenvalue weighted by atomic mass is 10.0. The molecule has 0 unspecified atom stereocenters. The van der Waals surface area contributed by atoms with Gasteiger partial charge in [0.15, 0.2) is 0 Å². The molecule has 1 atom stereocenters. The molecule has 148 valence electrons. The van der Waals surface area contributed by atoms with Crippen LogP contribution in [0.5, 0.6) is 11.5 Å². The third-order valence-corrected chi connectivity index (χ3v) is 5.74. The Labute approximate surface area is 169 Å². The van der Waals surface area contributed by atoms with Gasteiger partial charge in [0.25, 0.3) is 5.78 Å². The molecule has 28 heavy (non-hydrogen) atoms. The molecule has 0 amide bonds. The van der Waals surface area contributed by atoms with E-state index in [2.05, 4.69) is 21.0 Å². The Balaban J connectivity index is 1.69. The average Bonchev–Trinajstić information content (AvgIpc) is 3.26. The second-order valence-corrected chi connectivity index (χ2v) is 7.54. The first kappa shape index (κ1) is 18.9. The smallest absolute Gasteiger partial charge is 0.254 e. The normalized spacial score (nSPS) is 17.4. The van der Waals surface area contributed by atoms with E-state index in [-0.39, 0.29) is 6.04 Å². The minimum atomic E-state index is 0.229. The summed E-state index contributed by atoms with van der Waals surface area (Å²) in [6.07, 6.45) is 2.17. The molecule has 1 aliphatic heterocycles. The zero-order chi connectivity index (χ0) is 19.8. The molecule has 0 spiro atoms. The van der Waals surface area contributed by atoms with Crippen LogP contribution in [-0.2, 0) is 6.67 Å². The fraction of sp³-hybridized carbons (Fsp3) is 0.450. The van der Waals surface area contributed by atoms with Gasteiger partial charge in [0.1, 0.15) is 11.5 Å². The summed E-state index contributed by atoms with van der Waals surface area (Å²) in [4.78, 5) is 6.92. The van der Waals surface area contributed by atoms with Crippen molar-refractivity contribution in [3.8, 4) is 11.5 Å². The van der Waals surface area contributed by atoms with Gasteiger partial charge in [-0.25, -0.2) is 9.67 Å². The first-order valence-corrected chi connectivity index (χ1v) is 9.82. The molecule has 4 rings (SSSR count). The number of methoxy groups -OCH3 is 2. The third kappa shape index (κ3) is 3.27.